The summed E-state index contributed by atoms with van der Waals surface area (Å²) in [4.78, 5) is 7.84. The normalized spacial score (nSPS) is 15.7. The third kappa shape index (κ3) is 10.4. The fourth-order valence-electron chi connectivity index (χ4n) is 8.65. The highest BCUT2D eigenvalue weighted by Crippen LogP contribution is 2.40. The van der Waals surface area contributed by atoms with Crippen molar-refractivity contribution >= 4 is 44.5 Å². The van der Waals surface area contributed by atoms with Crippen LogP contribution in [0.15, 0.2) is 125 Å². The Morgan fingerprint density at radius 1 is 0.797 bits per heavy atom. The Hall–Kier alpha value is -5.41. The van der Waals surface area contributed by atoms with E-state index >= 15 is 8.78 Å². The highest BCUT2D eigenvalue weighted by atomic mass is 32.2. The molecule has 0 spiro atoms. The first-order valence-electron chi connectivity index (χ1n) is 21.8. The molecule has 64 heavy (non-hydrogen) atoms. The number of piperidine rings is 1. The molecular formula is C50H55F3N6O3S2. The molecule has 2 aliphatic rings. The highest BCUT2D eigenvalue weighted by Gasteiger charge is 2.27. The third-order valence-electron chi connectivity index (χ3n) is 12.4. The molecule has 2 saturated heterocycles. The van der Waals surface area contributed by atoms with Gasteiger partial charge in [0.1, 0.15) is 11.6 Å². The number of rotatable bonds is 15. The van der Waals surface area contributed by atoms with Gasteiger partial charge in [-0.2, -0.15) is 0 Å². The molecule has 3 N–H and O–H groups in total. The number of likely N-dealkylation sites (tertiary alicyclic amines) is 1. The Morgan fingerprint density at radius 3 is 2.17 bits per heavy atom. The lowest BCUT2D eigenvalue weighted by Gasteiger charge is -2.37. The van der Waals surface area contributed by atoms with Gasteiger partial charge in [-0.1, -0.05) is 18.2 Å². The summed E-state index contributed by atoms with van der Waals surface area (Å²) in [6, 6.07) is 33.3. The standard InChI is InChI=1S/C50H55F3N6O3S2/c1-34-31-43(17-19-46(34)54-39(33-63-42-7-5-4-6-8-42)21-24-57-25-22-41(60)23-26-57)64(61,62)55-38-13-15-40(16-14-38)58-27-29-59(30-28-58)47-20-18-45(52)48(49(47)53)44-32-35(2)56(3)50(44)36-9-11-37(51)12-10-36/h4-20,31-32,39,41,54-55,60H,21-30,33H2,1-3H3/t39-/m1/s1. The van der Waals surface area contributed by atoms with E-state index in [0.717, 1.165) is 67.3 Å². The van der Waals surface area contributed by atoms with Crippen molar-refractivity contribution in [3.05, 3.63) is 144 Å². The van der Waals surface area contributed by atoms with E-state index in [4.69, 9.17) is 0 Å². The topological polar surface area (TPSA) is 93.1 Å². The Morgan fingerprint density at radius 2 is 1.48 bits per heavy atom. The molecule has 0 saturated carbocycles. The Labute approximate surface area is 379 Å². The molecule has 0 radical (unpaired) electrons. The Bertz CT molecular complexity index is 2650. The average Bonchev–Trinajstić information content (AvgIpc) is 3.58. The fraction of sp³-hybridized carbons (Fsp3) is 0.320. The summed E-state index contributed by atoms with van der Waals surface area (Å²) in [6.45, 7) is 8.57. The number of aryl methyl sites for hydroxylation is 2. The number of piperazine rings is 1. The quantitative estimate of drug-likeness (QED) is 0.0878. The Balaban J connectivity index is 0.894. The third-order valence-corrected chi connectivity index (χ3v) is 15.0. The van der Waals surface area contributed by atoms with E-state index in [9.17, 15) is 17.9 Å². The molecule has 0 amide bonds. The van der Waals surface area contributed by atoms with Crippen molar-refractivity contribution in [2.45, 2.75) is 55.0 Å². The van der Waals surface area contributed by atoms with Gasteiger partial charge in [-0.25, -0.2) is 21.6 Å². The van der Waals surface area contributed by atoms with Gasteiger partial charge in [0.05, 0.1) is 27.9 Å². The molecule has 2 aliphatic heterocycles. The van der Waals surface area contributed by atoms with Crippen LogP contribution in [0, 0.1) is 31.3 Å². The van der Waals surface area contributed by atoms with Crippen molar-refractivity contribution in [1.29, 1.82) is 0 Å². The maximum absolute atomic E-state index is 16.5. The van der Waals surface area contributed by atoms with Crippen molar-refractivity contribution in [3.63, 3.8) is 0 Å². The predicted octanol–water partition coefficient (Wildman–Crippen LogP) is 9.94. The number of sulfonamides is 1. The molecule has 9 nitrogen and oxygen atoms in total. The van der Waals surface area contributed by atoms with Crippen LogP contribution < -0.4 is 19.8 Å². The van der Waals surface area contributed by atoms with Crippen LogP contribution in [0.4, 0.5) is 35.9 Å². The van der Waals surface area contributed by atoms with E-state index in [0.29, 0.717) is 54.4 Å². The molecule has 14 heteroatoms. The van der Waals surface area contributed by atoms with Gasteiger partial charge in [0.15, 0.2) is 5.82 Å². The van der Waals surface area contributed by atoms with Crippen LogP contribution in [-0.4, -0.2) is 86.7 Å². The average molecular weight is 909 g/mol. The van der Waals surface area contributed by atoms with Gasteiger partial charge < -0.3 is 29.7 Å². The SMILES string of the molecule is Cc1cc(S(=O)(=O)Nc2ccc(N3CCN(c4ccc(F)c(-c5cc(C)n(C)c5-c5ccc(F)cc5)c4F)CC3)cc2)ccc1N[C@H](CCN1CCC(O)CC1)CSc1ccccc1. The summed E-state index contributed by atoms with van der Waals surface area (Å²) in [5.41, 5.74) is 5.71. The smallest absolute Gasteiger partial charge is 0.261 e. The highest BCUT2D eigenvalue weighted by molar-refractivity contribution is 7.99. The molecule has 1 aromatic heterocycles. The second-order valence-corrected chi connectivity index (χ2v) is 19.6. The zero-order valence-electron chi connectivity index (χ0n) is 36.4. The molecule has 1 atom stereocenters. The minimum atomic E-state index is -3.89. The van der Waals surface area contributed by atoms with Crippen LogP contribution in [0.25, 0.3) is 22.4 Å². The molecule has 6 aromatic rings. The molecule has 0 aliphatic carbocycles. The molecule has 0 unspecified atom stereocenters. The zero-order chi connectivity index (χ0) is 45.0. The molecule has 8 rings (SSSR count). The lowest BCUT2D eigenvalue weighted by Crippen LogP contribution is -2.46. The summed E-state index contributed by atoms with van der Waals surface area (Å²) in [7, 11) is -2.07. The van der Waals surface area contributed by atoms with E-state index in [-0.39, 0.29) is 22.6 Å². The lowest BCUT2D eigenvalue weighted by atomic mass is 9.99. The minimum Gasteiger partial charge on any atom is -0.393 e. The summed E-state index contributed by atoms with van der Waals surface area (Å²) in [6.07, 6.45) is 2.29. The summed E-state index contributed by atoms with van der Waals surface area (Å²) in [5.74, 6) is -0.864. The number of hydrogen-bond donors (Lipinski definition) is 3. The van der Waals surface area contributed by atoms with E-state index in [1.807, 2.05) is 66.8 Å². The molecule has 5 aromatic carbocycles. The molecule has 3 heterocycles. The van der Waals surface area contributed by atoms with Gasteiger partial charge in [-0.05, 0) is 141 Å². The number of nitrogens with one attached hydrogen (secondary N) is 2. The number of aromatic nitrogens is 1. The fourth-order valence-corrected chi connectivity index (χ4v) is 10.8. The first kappa shape index (κ1) is 45.2. The van der Waals surface area contributed by atoms with Crippen LogP contribution >= 0.6 is 11.8 Å². The number of hydrogen-bond acceptors (Lipinski definition) is 8. The van der Waals surface area contributed by atoms with Crippen molar-refractivity contribution in [2.24, 2.45) is 7.05 Å². The zero-order valence-corrected chi connectivity index (χ0v) is 38.0. The lowest BCUT2D eigenvalue weighted by molar-refractivity contribution is 0.0817. The number of aliphatic hydroxyl groups excluding tert-OH is 1. The number of thioether (sulfide) groups is 1. The van der Waals surface area contributed by atoms with Gasteiger partial charge in [0, 0.05) is 97.9 Å². The predicted molar refractivity (Wildman–Crippen MR) is 255 cm³/mol. The van der Waals surface area contributed by atoms with Crippen LogP contribution in [0.2, 0.25) is 0 Å². The molecule has 336 valence electrons. The molecular weight excluding hydrogens is 854 g/mol. The van der Waals surface area contributed by atoms with Crippen molar-refractivity contribution in [1.82, 2.24) is 9.47 Å². The van der Waals surface area contributed by atoms with Crippen molar-refractivity contribution < 1.29 is 26.7 Å². The minimum absolute atomic E-state index is 0.118. The second-order valence-electron chi connectivity index (χ2n) is 16.8. The van der Waals surface area contributed by atoms with Crippen molar-refractivity contribution in [2.75, 3.05) is 71.4 Å². The van der Waals surface area contributed by atoms with Crippen LogP contribution in [0.3, 0.4) is 0 Å². The van der Waals surface area contributed by atoms with E-state index in [2.05, 4.69) is 32.0 Å². The maximum Gasteiger partial charge on any atom is 0.261 e. The van der Waals surface area contributed by atoms with Gasteiger partial charge in [0.25, 0.3) is 10.0 Å². The summed E-state index contributed by atoms with van der Waals surface area (Å²) in [5, 5.41) is 13.7. The monoisotopic (exact) mass is 908 g/mol. The largest absolute Gasteiger partial charge is 0.393 e. The molecule has 0 bridgehead atoms. The van der Waals surface area contributed by atoms with Gasteiger partial charge >= 0.3 is 0 Å². The second kappa shape index (κ2) is 19.8. The summed E-state index contributed by atoms with van der Waals surface area (Å²) < 4.78 is 77.7. The maximum atomic E-state index is 16.5. The number of nitrogens with zero attached hydrogens (tertiary/aromatic N) is 4. The number of anilines is 4. The molecule has 2 fully saturated rings. The van der Waals surface area contributed by atoms with Crippen LogP contribution in [0.5, 0.6) is 0 Å². The number of halogens is 3. The van der Waals surface area contributed by atoms with Gasteiger partial charge in [-0.15, -0.1) is 11.8 Å². The first-order valence-corrected chi connectivity index (χ1v) is 24.3. The number of benzene rings is 5. The Kier molecular flexibility index (Phi) is 14.0. The first-order chi connectivity index (χ1) is 30.8. The van der Waals surface area contributed by atoms with Crippen molar-refractivity contribution in [3.8, 4) is 22.4 Å². The summed E-state index contributed by atoms with van der Waals surface area (Å²) >= 11 is 1.79. The number of aliphatic hydroxyl groups is 1. The van der Waals surface area contributed by atoms with E-state index in [1.54, 1.807) is 54.2 Å². The van der Waals surface area contributed by atoms with Gasteiger partial charge in [-0.3, -0.25) is 4.72 Å². The van der Waals surface area contributed by atoms with Crippen LogP contribution in [0.1, 0.15) is 30.5 Å². The van der Waals surface area contributed by atoms with Gasteiger partial charge in [0.2, 0.25) is 0 Å². The van der Waals surface area contributed by atoms with E-state index in [1.165, 1.54) is 29.2 Å². The van der Waals surface area contributed by atoms with E-state index < -0.39 is 27.5 Å². The van der Waals surface area contributed by atoms with Crippen LogP contribution in [-0.2, 0) is 17.1 Å².